The van der Waals surface area contributed by atoms with E-state index in [1.807, 2.05) is 0 Å². The van der Waals surface area contributed by atoms with Gasteiger partial charge in [0.2, 0.25) is 0 Å². The average Bonchev–Trinajstić information content (AvgIpc) is 2.64. The Morgan fingerprint density at radius 1 is 0.769 bits per heavy atom. The summed E-state index contributed by atoms with van der Waals surface area (Å²) in [5.41, 5.74) is 0. The molecule has 0 aromatic carbocycles. The largest absolute Gasteiger partial charge is 0.394 e. The van der Waals surface area contributed by atoms with Crippen LogP contribution >= 0.6 is 0 Å². The van der Waals surface area contributed by atoms with Gasteiger partial charge in [-0.3, -0.25) is 0 Å². The molecule has 6 unspecified atom stereocenters. The van der Waals surface area contributed by atoms with Crippen LogP contribution in [0.5, 0.6) is 0 Å². The summed E-state index contributed by atoms with van der Waals surface area (Å²) in [6.07, 6.45) is -9.78. The van der Waals surface area contributed by atoms with Gasteiger partial charge in [-0.2, -0.15) is 0 Å². The maximum absolute atomic E-state index is 10.3. The van der Waals surface area contributed by atoms with E-state index >= 15 is 0 Å². The van der Waals surface area contributed by atoms with Crippen molar-refractivity contribution in [1.29, 1.82) is 0 Å². The number of aliphatic hydroxyl groups excluding tert-OH is 7. The molecule has 2 rings (SSSR count). The van der Waals surface area contributed by atoms with Crippen molar-refractivity contribution in [3.63, 3.8) is 0 Å². The van der Waals surface area contributed by atoms with Crippen molar-refractivity contribution in [3.8, 4) is 12.3 Å². The Bertz CT molecular complexity index is 479. The van der Waals surface area contributed by atoms with E-state index in [1.165, 1.54) is 0 Å². The number of hydrogen-bond acceptors (Lipinski definition) is 11. The van der Waals surface area contributed by atoms with Crippen LogP contribution < -0.4 is 0 Å². The van der Waals surface area contributed by atoms with Crippen LogP contribution in [0.4, 0.5) is 0 Å². The van der Waals surface area contributed by atoms with Crippen LogP contribution in [0.15, 0.2) is 0 Å². The number of rotatable bonds is 6. The molecule has 2 heterocycles. The first-order valence-corrected chi connectivity index (χ1v) is 7.99. The lowest BCUT2D eigenvalue weighted by Crippen LogP contribution is -2.64. The van der Waals surface area contributed by atoms with E-state index in [4.69, 9.17) is 25.4 Å². The molecule has 7 N–H and O–H groups in total. The normalized spacial score (nSPS) is 46.7. The van der Waals surface area contributed by atoms with E-state index in [2.05, 4.69) is 5.92 Å². The second-order valence-electron chi connectivity index (χ2n) is 6.02. The minimum Gasteiger partial charge on any atom is -0.394 e. The molecular weight excluding hydrogens is 356 g/mol. The van der Waals surface area contributed by atoms with E-state index in [0.29, 0.717) is 0 Å². The lowest BCUT2D eigenvalue weighted by molar-refractivity contribution is -0.358. The highest BCUT2D eigenvalue weighted by Crippen LogP contribution is 2.29. The molecule has 2 aliphatic rings. The third kappa shape index (κ3) is 4.33. The number of terminal acetylenes is 1. The Kier molecular flexibility index (Phi) is 7.71. The molecule has 26 heavy (non-hydrogen) atoms. The molecule has 0 aromatic heterocycles. The third-order valence-electron chi connectivity index (χ3n) is 4.29. The molecule has 0 spiro atoms. The molecule has 0 aliphatic carbocycles. The van der Waals surface area contributed by atoms with Crippen molar-refractivity contribution in [1.82, 2.24) is 0 Å². The molecule has 150 valence electrons. The van der Waals surface area contributed by atoms with Crippen molar-refractivity contribution < 1.29 is 54.7 Å². The van der Waals surface area contributed by atoms with E-state index < -0.39 is 74.6 Å². The quantitative estimate of drug-likeness (QED) is 0.220. The van der Waals surface area contributed by atoms with Crippen molar-refractivity contribution in [2.75, 3.05) is 19.8 Å². The van der Waals surface area contributed by atoms with Crippen molar-refractivity contribution in [3.05, 3.63) is 0 Å². The van der Waals surface area contributed by atoms with Gasteiger partial charge in [-0.15, -0.1) is 6.42 Å². The maximum Gasteiger partial charge on any atom is 0.187 e. The van der Waals surface area contributed by atoms with Gasteiger partial charge >= 0.3 is 0 Å². The second-order valence-corrected chi connectivity index (χ2v) is 6.02. The van der Waals surface area contributed by atoms with Gasteiger partial charge in [0.15, 0.2) is 12.6 Å². The lowest BCUT2D eigenvalue weighted by Gasteiger charge is -2.45. The van der Waals surface area contributed by atoms with Gasteiger partial charge in [0.25, 0.3) is 0 Å². The van der Waals surface area contributed by atoms with Gasteiger partial charge in [0.1, 0.15) is 55.4 Å². The Balaban J connectivity index is 2.10. The van der Waals surface area contributed by atoms with Crippen molar-refractivity contribution >= 4 is 0 Å². The number of aliphatic hydroxyl groups is 7. The summed E-state index contributed by atoms with van der Waals surface area (Å²) in [6.45, 7) is -1.50. The topological polar surface area (TPSA) is 179 Å². The molecule has 0 bridgehead atoms. The molecule has 2 fully saturated rings. The minimum atomic E-state index is -1.72. The first-order valence-electron chi connectivity index (χ1n) is 7.99. The molecule has 0 aromatic rings. The highest BCUT2D eigenvalue weighted by molar-refractivity contribution is 4.94. The van der Waals surface area contributed by atoms with Gasteiger partial charge in [0.05, 0.1) is 13.2 Å². The van der Waals surface area contributed by atoms with Gasteiger partial charge in [-0.05, 0) is 0 Å². The zero-order valence-electron chi connectivity index (χ0n) is 13.7. The molecule has 11 heteroatoms. The molecule has 2 aliphatic heterocycles. The minimum absolute atomic E-state index is 0.204. The predicted octanol–water partition coefficient (Wildman–Crippen LogP) is -4.74. The van der Waals surface area contributed by atoms with Crippen molar-refractivity contribution in [2.24, 2.45) is 0 Å². The van der Waals surface area contributed by atoms with Gasteiger partial charge in [-0.1, -0.05) is 5.92 Å². The van der Waals surface area contributed by atoms with E-state index in [9.17, 15) is 35.7 Å². The second kappa shape index (κ2) is 9.36. The van der Waals surface area contributed by atoms with Gasteiger partial charge < -0.3 is 54.7 Å². The lowest BCUT2D eigenvalue weighted by atomic mass is 9.97. The molecule has 2 saturated heterocycles. The van der Waals surface area contributed by atoms with Gasteiger partial charge in [-0.25, -0.2) is 0 Å². The molecule has 0 radical (unpaired) electrons. The first kappa shape index (κ1) is 21.4. The average molecular weight is 380 g/mol. The van der Waals surface area contributed by atoms with Crippen LogP contribution in [0.1, 0.15) is 0 Å². The highest BCUT2D eigenvalue weighted by Gasteiger charge is 2.50. The number of ether oxygens (including phenoxy) is 4. The molecule has 0 amide bonds. The summed E-state index contributed by atoms with van der Waals surface area (Å²) >= 11 is 0. The molecule has 0 saturated carbocycles. The fourth-order valence-corrected chi connectivity index (χ4v) is 2.82. The van der Waals surface area contributed by atoms with E-state index in [-0.39, 0.29) is 6.61 Å². The Morgan fingerprint density at radius 2 is 1.35 bits per heavy atom. The Morgan fingerprint density at radius 3 is 1.92 bits per heavy atom. The summed E-state index contributed by atoms with van der Waals surface area (Å²) < 4.78 is 20.9. The van der Waals surface area contributed by atoms with E-state index in [1.54, 1.807) is 0 Å². The van der Waals surface area contributed by atoms with Crippen LogP contribution in [0.2, 0.25) is 0 Å². The Hall–Kier alpha value is -0.880. The zero-order valence-corrected chi connectivity index (χ0v) is 13.7. The van der Waals surface area contributed by atoms with Crippen LogP contribution in [0.3, 0.4) is 0 Å². The summed E-state index contributed by atoms with van der Waals surface area (Å²) in [5, 5.41) is 68.5. The number of hydrogen-bond donors (Lipinski definition) is 7. The fraction of sp³-hybridized carbons (Fsp3) is 0.867. The highest BCUT2D eigenvalue weighted by atomic mass is 16.7. The Labute approximate surface area is 149 Å². The van der Waals surface area contributed by atoms with Crippen LogP contribution in [0, 0.1) is 12.3 Å². The fourth-order valence-electron chi connectivity index (χ4n) is 2.82. The smallest absolute Gasteiger partial charge is 0.187 e. The third-order valence-corrected chi connectivity index (χ3v) is 4.29. The molecular formula is C15H24O11. The monoisotopic (exact) mass is 380 g/mol. The van der Waals surface area contributed by atoms with Crippen LogP contribution in [-0.2, 0) is 18.9 Å². The zero-order chi connectivity index (χ0) is 19.4. The summed E-state index contributed by atoms with van der Waals surface area (Å²) in [4.78, 5) is 0. The van der Waals surface area contributed by atoms with Gasteiger partial charge in [0, 0.05) is 0 Å². The predicted molar refractivity (Wildman–Crippen MR) is 81.2 cm³/mol. The summed E-state index contributed by atoms with van der Waals surface area (Å²) in [7, 11) is 0. The molecule has 10 atom stereocenters. The SMILES string of the molecule is C#CCO[C@@H]1OC(CO)[C@@H](O[C@@H]2OC(CO)[C@H](O)C(O)C2O)C(O)C1O. The standard InChI is InChI=1S/C15H24O11/c1-2-3-23-14-12(22)10(20)13(7(5-17)25-14)26-15-11(21)9(19)8(18)6(4-16)24-15/h1,6-22H,3-5H2/t6?,7?,8-,9?,10?,11?,12?,13+,14+,15-/m0/s1. The maximum atomic E-state index is 10.3. The molecule has 11 nitrogen and oxygen atoms in total. The van der Waals surface area contributed by atoms with Crippen LogP contribution in [-0.4, -0.2) is 117 Å². The van der Waals surface area contributed by atoms with E-state index in [0.717, 1.165) is 0 Å². The first-order chi connectivity index (χ1) is 12.3. The summed E-state index contributed by atoms with van der Waals surface area (Å²) in [5.74, 6) is 2.17. The van der Waals surface area contributed by atoms with Crippen molar-refractivity contribution in [2.45, 2.75) is 61.4 Å². The summed E-state index contributed by atoms with van der Waals surface area (Å²) in [6, 6.07) is 0. The van der Waals surface area contributed by atoms with Crippen LogP contribution in [0.25, 0.3) is 0 Å².